The third-order valence-electron chi connectivity index (χ3n) is 1.64. The molecular formula is C9H10ClNO3. The predicted molar refractivity (Wildman–Crippen MR) is 54.0 cm³/mol. The largest absolute Gasteiger partial charge is 0.478 e. The molecule has 0 amide bonds. The maximum Gasteiger partial charge on any atom is 0.337 e. The predicted octanol–water partition coefficient (Wildman–Crippen LogP) is 1.44. The zero-order chi connectivity index (χ0) is 10.6. The number of rotatable bonds is 4. The van der Waals surface area contributed by atoms with E-state index in [2.05, 4.69) is 5.32 Å². The number of halogens is 1. The normalized spacial score (nSPS) is 9.86. The first-order valence-electron chi connectivity index (χ1n) is 4.02. The molecule has 3 N–H and O–H groups in total. The van der Waals surface area contributed by atoms with Gasteiger partial charge in [-0.15, -0.1) is 0 Å². The maximum atomic E-state index is 10.6. The molecule has 4 nitrogen and oxygen atoms in total. The Morgan fingerprint density at radius 2 is 2.21 bits per heavy atom. The highest BCUT2D eigenvalue weighted by Crippen LogP contribution is 2.20. The monoisotopic (exact) mass is 215 g/mol. The van der Waals surface area contributed by atoms with Crippen LogP contribution in [0.15, 0.2) is 18.2 Å². The Balaban J connectivity index is 2.83. The number of aromatic carboxylic acids is 1. The Hall–Kier alpha value is -1.26. The molecule has 1 aromatic carbocycles. The van der Waals surface area contributed by atoms with Gasteiger partial charge >= 0.3 is 5.97 Å². The van der Waals surface area contributed by atoms with E-state index >= 15 is 0 Å². The second-order valence-corrected chi connectivity index (χ2v) is 3.06. The van der Waals surface area contributed by atoms with Crippen LogP contribution in [0.2, 0.25) is 5.02 Å². The maximum absolute atomic E-state index is 10.6. The summed E-state index contributed by atoms with van der Waals surface area (Å²) >= 11 is 5.72. The van der Waals surface area contributed by atoms with Crippen molar-refractivity contribution in [2.75, 3.05) is 18.5 Å². The first-order chi connectivity index (χ1) is 6.65. The molecule has 0 radical (unpaired) electrons. The fraction of sp³-hybridized carbons (Fsp3) is 0.222. The van der Waals surface area contributed by atoms with Crippen molar-refractivity contribution in [1.29, 1.82) is 0 Å². The Bertz CT molecular complexity index is 341. The van der Waals surface area contributed by atoms with Crippen molar-refractivity contribution in [2.24, 2.45) is 0 Å². The molecule has 0 spiro atoms. The number of carbonyl (C=O) groups is 1. The van der Waals surface area contributed by atoms with Crippen molar-refractivity contribution in [2.45, 2.75) is 0 Å². The van der Waals surface area contributed by atoms with E-state index in [1.165, 1.54) is 12.1 Å². The molecule has 0 aliphatic rings. The van der Waals surface area contributed by atoms with Gasteiger partial charge in [0.15, 0.2) is 0 Å². The van der Waals surface area contributed by atoms with Crippen LogP contribution < -0.4 is 5.32 Å². The van der Waals surface area contributed by atoms with Gasteiger partial charge in [-0.05, 0) is 18.2 Å². The van der Waals surface area contributed by atoms with Crippen LogP contribution in [0.1, 0.15) is 10.4 Å². The van der Waals surface area contributed by atoms with Crippen molar-refractivity contribution < 1.29 is 15.0 Å². The molecular weight excluding hydrogens is 206 g/mol. The third-order valence-corrected chi connectivity index (χ3v) is 1.95. The number of benzene rings is 1. The summed E-state index contributed by atoms with van der Waals surface area (Å²) in [6, 6.07) is 4.54. The van der Waals surface area contributed by atoms with E-state index in [-0.39, 0.29) is 17.2 Å². The Kier molecular flexibility index (Phi) is 3.73. The van der Waals surface area contributed by atoms with Crippen molar-refractivity contribution in [1.82, 2.24) is 0 Å². The van der Waals surface area contributed by atoms with Gasteiger partial charge in [0, 0.05) is 12.2 Å². The zero-order valence-corrected chi connectivity index (χ0v) is 8.08. The molecule has 76 valence electrons. The minimum atomic E-state index is -1.05. The van der Waals surface area contributed by atoms with E-state index in [1.807, 2.05) is 0 Å². The summed E-state index contributed by atoms with van der Waals surface area (Å²) in [5.74, 6) is -1.05. The highest BCUT2D eigenvalue weighted by atomic mass is 35.5. The molecule has 14 heavy (non-hydrogen) atoms. The number of carboxylic acid groups (broad SMARTS) is 1. The van der Waals surface area contributed by atoms with Gasteiger partial charge in [-0.1, -0.05) is 11.6 Å². The third kappa shape index (κ3) is 2.61. The summed E-state index contributed by atoms with van der Waals surface area (Å²) in [6.07, 6.45) is 0. The van der Waals surface area contributed by atoms with E-state index < -0.39 is 5.97 Å². The van der Waals surface area contributed by atoms with Crippen LogP contribution >= 0.6 is 11.6 Å². The van der Waals surface area contributed by atoms with E-state index in [1.54, 1.807) is 6.07 Å². The van der Waals surface area contributed by atoms with E-state index in [0.29, 0.717) is 12.2 Å². The van der Waals surface area contributed by atoms with Crippen LogP contribution in [-0.2, 0) is 0 Å². The topological polar surface area (TPSA) is 69.6 Å². The number of aliphatic hydroxyl groups excluding tert-OH is 1. The molecule has 0 bridgehead atoms. The molecule has 1 rings (SSSR count). The SMILES string of the molecule is O=C(O)c1ccc(NCCO)cc1Cl. The average molecular weight is 216 g/mol. The lowest BCUT2D eigenvalue weighted by Gasteiger charge is -2.05. The van der Waals surface area contributed by atoms with Gasteiger partial charge in [-0.3, -0.25) is 0 Å². The minimum Gasteiger partial charge on any atom is -0.478 e. The van der Waals surface area contributed by atoms with Crippen LogP contribution in [0.3, 0.4) is 0 Å². The van der Waals surface area contributed by atoms with Crippen LogP contribution in [0.4, 0.5) is 5.69 Å². The fourth-order valence-electron chi connectivity index (χ4n) is 0.999. The van der Waals surface area contributed by atoms with E-state index in [0.717, 1.165) is 0 Å². The molecule has 0 fully saturated rings. The molecule has 0 aromatic heterocycles. The molecule has 5 heteroatoms. The molecule has 0 heterocycles. The minimum absolute atomic E-state index is 0.0122. The first-order valence-corrected chi connectivity index (χ1v) is 4.40. The van der Waals surface area contributed by atoms with Crippen molar-refractivity contribution in [3.05, 3.63) is 28.8 Å². The van der Waals surface area contributed by atoms with Gasteiger partial charge in [-0.2, -0.15) is 0 Å². The standard InChI is InChI=1S/C9H10ClNO3/c10-8-5-6(11-3-4-12)1-2-7(8)9(13)14/h1-2,5,11-12H,3-4H2,(H,13,14). The molecule has 0 unspecified atom stereocenters. The van der Waals surface area contributed by atoms with Gasteiger partial charge in [0.1, 0.15) is 0 Å². The van der Waals surface area contributed by atoms with Gasteiger partial charge in [0.25, 0.3) is 0 Å². The van der Waals surface area contributed by atoms with Crippen molar-refractivity contribution >= 4 is 23.3 Å². The Morgan fingerprint density at radius 1 is 1.50 bits per heavy atom. The molecule has 0 saturated carbocycles. The zero-order valence-electron chi connectivity index (χ0n) is 7.33. The summed E-state index contributed by atoms with van der Waals surface area (Å²) in [5.41, 5.74) is 0.760. The van der Waals surface area contributed by atoms with Gasteiger partial charge < -0.3 is 15.5 Å². The van der Waals surface area contributed by atoms with Crippen LogP contribution in [-0.4, -0.2) is 29.3 Å². The number of hydrogen-bond donors (Lipinski definition) is 3. The summed E-state index contributed by atoms with van der Waals surface area (Å²) in [7, 11) is 0. The number of aliphatic hydroxyl groups is 1. The fourth-order valence-corrected chi connectivity index (χ4v) is 1.26. The smallest absolute Gasteiger partial charge is 0.337 e. The van der Waals surface area contributed by atoms with Crippen LogP contribution in [0, 0.1) is 0 Å². The Morgan fingerprint density at radius 3 is 2.71 bits per heavy atom. The second kappa shape index (κ2) is 4.83. The lowest BCUT2D eigenvalue weighted by atomic mass is 10.2. The molecule has 0 saturated heterocycles. The first kappa shape index (κ1) is 10.8. The molecule has 0 atom stereocenters. The van der Waals surface area contributed by atoms with E-state index in [4.69, 9.17) is 21.8 Å². The summed E-state index contributed by atoms with van der Waals surface area (Å²) in [6.45, 7) is 0.418. The highest BCUT2D eigenvalue weighted by Gasteiger charge is 2.08. The molecule has 0 aliphatic heterocycles. The summed E-state index contributed by atoms with van der Waals surface area (Å²) in [5, 5.41) is 20.3. The van der Waals surface area contributed by atoms with Gasteiger partial charge in [0.05, 0.1) is 17.2 Å². The highest BCUT2D eigenvalue weighted by molar-refractivity contribution is 6.33. The van der Waals surface area contributed by atoms with Crippen LogP contribution in [0.25, 0.3) is 0 Å². The second-order valence-electron chi connectivity index (χ2n) is 2.65. The Labute approximate surface area is 86.1 Å². The lowest BCUT2D eigenvalue weighted by molar-refractivity contribution is 0.0697. The average Bonchev–Trinajstić information content (AvgIpc) is 2.14. The number of nitrogens with one attached hydrogen (secondary N) is 1. The summed E-state index contributed by atoms with van der Waals surface area (Å²) in [4.78, 5) is 10.6. The molecule has 1 aromatic rings. The lowest BCUT2D eigenvalue weighted by Crippen LogP contribution is -2.06. The summed E-state index contributed by atoms with van der Waals surface area (Å²) < 4.78 is 0. The van der Waals surface area contributed by atoms with Crippen molar-refractivity contribution in [3.63, 3.8) is 0 Å². The molecule has 0 aliphatic carbocycles. The van der Waals surface area contributed by atoms with Crippen molar-refractivity contribution in [3.8, 4) is 0 Å². The van der Waals surface area contributed by atoms with E-state index in [9.17, 15) is 4.79 Å². The number of carboxylic acids is 1. The number of anilines is 1. The van der Waals surface area contributed by atoms with Crippen LogP contribution in [0.5, 0.6) is 0 Å². The van der Waals surface area contributed by atoms with Gasteiger partial charge in [-0.25, -0.2) is 4.79 Å². The quantitative estimate of drug-likeness (QED) is 0.711. The number of hydrogen-bond acceptors (Lipinski definition) is 3. The van der Waals surface area contributed by atoms with Gasteiger partial charge in [0.2, 0.25) is 0 Å².